The zero-order chi connectivity index (χ0) is 17.8. The Labute approximate surface area is 156 Å². The first-order chi connectivity index (χ1) is 12.8. The fourth-order valence-corrected chi connectivity index (χ4v) is 3.59. The van der Waals surface area contributed by atoms with Gasteiger partial charge in [-0.25, -0.2) is 14.6 Å². The molecule has 1 atom stereocenters. The maximum absolute atomic E-state index is 5.87. The van der Waals surface area contributed by atoms with Crippen molar-refractivity contribution in [3.8, 4) is 11.5 Å². The topological polar surface area (TPSA) is 62.1 Å². The van der Waals surface area contributed by atoms with Crippen LogP contribution in [0.3, 0.4) is 0 Å². The predicted molar refractivity (Wildman–Crippen MR) is 100 cm³/mol. The van der Waals surface area contributed by atoms with Gasteiger partial charge >= 0.3 is 0 Å². The number of benzene rings is 1. The summed E-state index contributed by atoms with van der Waals surface area (Å²) in [6.45, 7) is 4.51. The summed E-state index contributed by atoms with van der Waals surface area (Å²) < 4.78 is 13.4. The van der Waals surface area contributed by atoms with Gasteiger partial charge in [-0.1, -0.05) is 30.3 Å². The van der Waals surface area contributed by atoms with Crippen molar-refractivity contribution in [1.82, 2.24) is 19.7 Å². The Kier molecular flexibility index (Phi) is 5.38. The third-order valence-corrected chi connectivity index (χ3v) is 5.10. The third-order valence-electron chi connectivity index (χ3n) is 4.33. The molecule has 0 amide bonds. The van der Waals surface area contributed by atoms with Gasteiger partial charge in [-0.3, -0.25) is 0 Å². The molecule has 0 spiro atoms. The molecule has 0 bridgehead atoms. The molecule has 6 nitrogen and oxygen atoms in total. The molecule has 4 rings (SSSR count). The second-order valence-electron chi connectivity index (χ2n) is 6.40. The zero-order valence-corrected chi connectivity index (χ0v) is 15.6. The van der Waals surface area contributed by atoms with Crippen molar-refractivity contribution in [3.05, 3.63) is 52.1 Å². The van der Waals surface area contributed by atoms with Crippen molar-refractivity contribution in [3.63, 3.8) is 0 Å². The van der Waals surface area contributed by atoms with Crippen LogP contribution < -0.4 is 0 Å². The van der Waals surface area contributed by atoms with Crippen LogP contribution in [0.15, 0.2) is 35.7 Å². The standard InChI is InChI=1S/C19H22N4O2S/c1-14-20-17(13-26-14)19-21-18(12-24-11-16-8-5-9-25-16)23(22-19)10-15-6-3-2-4-7-15/h2-4,6-7,13,16H,5,8-12H2,1H3/t16-/m0/s1. The van der Waals surface area contributed by atoms with Crippen LogP contribution in [0.5, 0.6) is 0 Å². The van der Waals surface area contributed by atoms with E-state index in [0.717, 1.165) is 36.0 Å². The van der Waals surface area contributed by atoms with Crippen LogP contribution in [-0.2, 0) is 22.6 Å². The molecule has 0 radical (unpaired) electrons. The molecule has 0 aliphatic carbocycles. The van der Waals surface area contributed by atoms with Crippen molar-refractivity contribution in [2.24, 2.45) is 0 Å². The third kappa shape index (κ3) is 4.17. The maximum Gasteiger partial charge on any atom is 0.200 e. The largest absolute Gasteiger partial charge is 0.376 e. The van der Waals surface area contributed by atoms with E-state index in [-0.39, 0.29) is 6.10 Å². The molecule has 1 aromatic carbocycles. The fourth-order valence-electron chi connectivity index (χ4n) is 3.00. The molecule has 7 heteroatoms. The number of aromatic nitrogens is 4. The van der Waals surface area contributed by atoms with Gasteiger partial charge in [-0.15, -0.1) is 16.4 Å². The van der Waals surface area contributed by atoms with Gasteiger partial charge in [0.2, 0.25) is 5.82 Å². The zero-order valence-electron chi connectivity index (χ0n) is 14.8. The molecule has 136 valence electrons. The van der Waals surface area contributed by atoms with Crippen LogP contribution in [0.4, 0.5) is 0 Å². The van der Waals surface area contributed by atoms with Crippen molar-refractivity contribution < 1.29 is 9.47 Å². The summed E-state index contributed by atoms with van der Waals surface area (Å²) in [7, 11) is 0. The summed E-state index contributed by atoms with van der Waals surface area (Å²) in [4.78, 5) is 9.19. The molecule has 1 aliphatic rings. The molecule has 0 unspecified atom stereocenters. The number of ether oxygens (including phenoxy) is 2. The van der Waals surface area contributed by atoms with Crippen molar-refractivity contribution in [2.45, 2.75) is 39.0 Å². The Morgan fingerprint density at radius 1 is 1.27 bits per heavy atom. The number of nitrogens with zero attached hydrogens (tertiary/aromatic N) is 4. The van der Waals surface area contributed by atoms with E-state index in [2.05, 4.69) is 27.2 Å². The number of hydrogen-bond acceptors (Lipinski definition) is 6. The first kappa shape index (κ1) is 17.3. The Hall–Kier alpha value is -2.09. The number of hydrogen-bond donors (Lipinski definition) is 0. The van der Waals surface area contributed by atoms with E-state index < -0.39 is 0 Å². The summed E-state index contributed by atoms with van der Waals surface area (Å²) in [6, 6.07) is 10.3. The fraction of sp³-hybridized carbons (Fsp3) is 0.421. The monoisotopic (exact) mass is 370 g/mol. The van der Waals surface area contributed by atoms with E-state index in [9.17, 15) is 0 Å². The molecule has 2 aromatic heterocycles. The van der Waals surface area contributed by atoms with Gasteiger partial charge in [-0.2, -0.15) is 0 Å². The van der Waals surface area contributed by atoms with Gasteiger partial charge in [0.25, 0.3) is 0 Å². The molecule has 1 fully saturated rings. The quantitative estimate of drug-likeness (QED) is 0.637. The highest BCUT2D eigenvalue weighted by Gasteiger charge is 2.18. The van der Waals surface area contributed by atoms with Gasteiger partial charge in [0.1, 0.15) is 12.3 Å². The summed E-state index contributed by atoms with van der Waals surface area (Å²) in [5, 5.41) is 7.68. The normalized spacial score (nSPS) is 17.0. The minimum Gasteiger partial charge on any atom is -0.376 e. The lowest BCUT2D eigenvalue weighted by atomic mass is 10.2. The van der Waals surface area contributed by atoms with Gasteiger partial charge in [0.15, 0.2) is 5.82 Å². The molecule has 0 N–H and O–H groups in total. The predicted octanol–water partition coefficient (Wildman–Crippen LogP) is 3.45. The van der Waals surface area contributed by atoms with Crippen LogP contribution in [-0.4, -0.2) is 39.1 Å². The minimum atomic E-state index is 0.209. The second kappa shape index (κ2) is 8.07. The van der Waals surface area contributed by atoms with Gasteiger partial charge in [0, 0.05) is 12.0 Å². The lowest BCUT2D eigenvalue weighted by Crippen LogP contribution is -2.15. The highest BCUT2D eigenvalue weighted by atomic mass is 32.1. The molecule has 0 saturated carbocycles. The first-order valence-corrected chi connectivity index (χ1v) is 9.75. The van der Waals surface area contributed by atoms with E-state index in [1.165, 1.54) is 5.56 Å². The lowest BCUT2D eigenvalue weighted by Gasteiger charge is -2.10. The summed E-state index contributed by atoms with van der Waals surface area (Å²) in [5.41, 5.74) is 2.00. The number of aryl methyl sites for hydroxylation is 1. The minimum absolute atomic E-state index is 0.209. The Morgan fingerprint density at radius 2 is 2.15 bits per heavy atom. The molecule has 3 aromatic rings. The smallest absolute Gasteiger partial charge is 0.200 e. The lowest BCUT2D eigenvalue weighted by molar-refractivity contribution is 0.00772. The molecular formula is C19H22N4O2S. The summed E-state index contributed by atoms with van der Waals surface area (Å²) in [6.07, 6.45) is 2.40. The van der Waals surface area contributed by atoms with Crippen LogP contribution in [0.2, 0.25) is 0 Å². The van der Waals surface area contributed by atoms with Gasteiger partial charge in [-0.05, 0) is 25.3 Å². The van der Waals surface area contributed by atoms with E-state index in [4.69, 9.17) is 9.47 Å². The Morgan fingerprint density at radius 3 is 2.88 bits per heavy atom. The Bertz CT molecular complexity index is 840. The highest BCUT2D eigenvalue weighted by Crippen LogP contribution is 2.20. The van der Waals surface area contributed by atoms with Crippen LogP contribution >= 0.6 is 11.3 Å². The number of rotatable bonds is 7. The molecule has 26 heavy (non-hydrogen) atoms. The number of thiazole rings is 1. The van der Waals surface area contributed by atoms with E-state index in [0.29, 0.717) is 25.6 Å². The summed E-state index contributed by atoms with van der Waals surface area (Å²) >= 11 is 1.60. The highest BCUT2D eigenvalue weighted by molar-refractivity contribution is 7.09. The second-order valence-corrected chi connectivity index (χ2v) is 7.46. The maximum atomic E-state index is 5.87. The Balaban J connectivity index is 1.52. The summed E-state index contributed by atoms with van der Waals surface area (Å²) in [5.74, 6) is 1.47. The van der Waals surface area contributed by atoms with Crippen LogP contribution in [0, 0.1) is 6.92 Å². The van der Waals surface area contributed by atoms with Gasteiger partial charge < -0.3 is 9.47 Å². The average molecular weight is 370 g/mol. The van der Waals surface area contributed by atoms with E-state index >= 15 is 0 Å². The SMILES string of the molecule is Cc1nc(-c2nc(COC[C@@H]3CCCO3)n(Cc3ccccc3)n2)cs1. The van der Waals surface area contributed by atoms with Gasteiger partial charge in [0.05, 0.1) is 24.3 Å². The average Bonchev–Trinajstić information content (AvgIpc) is 3.38. The first-order valence-electron chi connectivity index (χ1n) is 8.87. The van der Waals surface area contributed by atoms with Crippen LogP contribution in [0.1, 0.15) is 29.2 Å². The molecule has 1 aliphatic heterocycles. The van der Waals surface area contributed by atoms with Crippen molar-refractivity contribution in [2.75, 3.05) is 13.2 Å². The van der Waals surface area contributed by atoms with Crippen molar-refractivity contribution in [1.29, 1.82) is 0 Å². The molecular weight excluding hydrogens is 348 g/mol. The van der Waals surface area contributed by atoms with Crippen LogP contribution in [0.25, 0.3) is 11.5 Å². The molecule has 3 heterocycles. The van der Waals surface area contributed by atoms with Crippen molar-refractivity contribution >= 4 is 11.3 Å². The van der Waals surface area contributed by atoms with E-state index in [1.54, 1.807) is 11.3 Å². The molecule has 1 saturated heterocycles. The van der Waals surface area contributed by atoms with E-state index in [1.807, 2.05) is 35.2 Å².